The minimum atomic E-state index is -3.74. The maximum Gasteiger partial charge on any atom is 0.328 e. The molecule has 3 aliphatic rings. The van der Waals surface area contributed by atoms with E-state index in [1.807, 2.05) is 0 Å². The van der Waals surface area contributed by atoms with Crippen LogP contribution in [0, 0.1) is 5.92 Å². The van der Waals surface area contributed by atoms with Crippen molar-refractivity contribution < 1.29 is 13.2 Å². The van der Waals surface area contributed by atoms with Gasteiger partial charge in [-0.15, -0.1) is 0 Å². The third-order valence-electron chi connectivity index (χ3n) is 5.81. The number of imidazole rings is 1. The molecular formula is C17H22N4O4S. The number of sulfonamides is 1. The van der Waals surface area contributed by atoms with Gasteiger partial charge in [-0.1, -0.05) is 0 Å². The molecular weight excluding hydrogens is 356 g/mol. The summed E-state index contributed by atoms with van der Waals surface area (Å²) < 4.78 is 30.8. The van der Waals surface area contributed by atoms with Gasteiger partial charge < -0.3 is 4.90 Å². The molecule has 5 rings (SSSR count). The van der Waals surface area contributed by atoms with E-state index in [1.165, 1.54) is 19.5 Å². The zero-order valence-electron chi connectivity index (χ0n) is 15.0. The van der Waals surface area contributed by atoms with Crippen LogP contribution in [0.5, 0.6) is 0 Å². The van der Waals surface area contributed by atoms with Crippen LogP contribution in [-0.2, 0) is 28.9 Å². The number of rotatable bonds is 2. The van der Waals surface area contributed by atoms with E-state index >= 15 is 0 Å². The van der Waals surface area contributed by atoms with Gasteiger partial charge in [-0.3, -0.25) is 13.9 Å². The van der Waals surface area contributed by atoms with E-state index < -0.39 is 10.0 Å². The Morgan fingerprint density at radius 1 is 0.962 bits per heavy atom. The van der Waals surface area contributed by atoms with E-state index in [4.69, 9.17) is 0 Å². The number of aromatic nitrogens is 2. The van der Waals surface area contributed by atoms with E-state index in [-0.39, 0.29) is 35.0 Å². The topological polar surface area (TPSA) is 84.6 Å². The van der Waals surface area contributed by atoms with Crippen molar-refractivity contribution in [3.63, 3.8) is 0 Å². The number of hydrogen-bond donors (Lipinski definition) is 0. The number of carbonyl (C=O) groups is 1. The van der Waals surface area contributed by atoms with Crippen LogP contribution in [0.1, 0.15) is 12.8 Å². The van der Waals surface area contributed by atoms with Crippen molar-refractivity contribution >= 4 is 27.0 Å². The summed E-state index contributed by atoms with van der Waals surface area (Å²) in [6, 6.07) is 4.66. The summed E-state index contributed by atoms with van der Waals surface area (Å²) in [5.41, 5.74) is 1.06. The number of carbonyl (C=O) groups excluding carboxylic acids is 1. The molecule has 1 aromatic carbocycles. The van der Waals surface area contributed by atoms with Crippen molar-refractivity contribution in [3.05, 3.63) is 28.7 Å². The number of piperidine rings is 1. The van der Waals surface area contributed by atoms with Gasteiger partial charge in [0.1, 0.15) is 0 Å². The quantitative estimate of drug-likeness (QED) is 0.743. The highest BCUT2D eigenvalue weighted by atomic mass is 32.2. The predicted molar refractivity (Wildman–Crippen MR) is 96.2 cm³/mol. The Bertz CT molecular complexity index is 1070. The van der Waals surface area contributed by atoms with Gasteiger partial charge in [0, 0.05) is 40.3 Å². The van der Waals surface area contributed by atoms with Gasteiger partial charge in [-0.2, -0.15) is 4.31 Å². The van der Waals surface area contributed by atoms with E-state index in [0.717, 1.165) is 12.8 Å². The molecule has 140 valence electrons. The van der Waals surface area contributed by atoms with Crippen molar-refractivity contribution in [1.29, 1.82) is 0 Å². The van der Waals surface area contributed by atoms with Gasteiger partial charge in [0.2, 0.25) is 15.9 Å². The van der Waals surface area contributed by atoms with Gasteiger partial charge in [0.25, 0.3) is 0 Å². The van der Waals surface area contributed by atoms with E-state index in [1.54, 1.807) is 38.2 Å². The predicted octanol–water partition coefficient (Wildman–Crippen LogP) is 0.118. The molecule has 4 heterocycles. The zero-order valence-corrected chi connectivity index (χ0v) is 15.9. The molecule has 0 radical (unpaired) electrons. The first-order chi connectivity index (χ1) is 12.2. The largest absolute Gasteiger partial charge is 0.341 e. The third-order valence-corrected chi connectivity index (χ3v) is 7.64. The lowest BCUT2D eigenvalue weighted by atomic mass is 9.95. The molecule has 9 heteroatoms. The van der Waals surface area contributed by atoms with Crippen molar-refractivity contribution in [3.8, 4) is 0 Å². The number of aryl methyl sites for hydroxylation is 2. The molecule has 26 heavy (non-hydrogen) atoms. The Labute approximate surface area is 151 Å². The Morgan fingerprint density at radius 3 is 2.38 bits per heavy atom. The van der Waals surface area contributed by atoms with E-state index in [2.05, 4.69) is 0 Å². The fraction of sp³-hybridized carbons (Fsp3) is 0.529. The number of fused-ring (bicyclic) bond motifs is 5. The summed E-state index contributed by atoms with van der Waals surface area (Å²) in [4.78, 5) is 26.3. The lowest BCUT2D eigenvalue weighted by molar-refractivity contribution is -0.138. The first kappa shape index (κ1) is 17.3. The molecule has 3 aliphatic heterocycles. The van der Waals surface area contributed by atoms with Gasteiger partial charge in [0.15, 0.2) is 0 Å². The third kappa shape index (κ3) is 2.34. The second-order valence-corrected chi connectivity index (χ2v) is 9.19. The molecule has 0 N–H and O–H groups in total. The molecule has 3 saturated heterocycles. The van der Waals surface area contributed by atoms with E-state index in [0.29, 0.717) is 17.6 Å². The van der Waals surface area contributed by atoms with Crippen LogP contribution in [0.4, 0.5) is 0 Å². The highest BCUT2D eigenvalue weighted by Crippen LogP contribution is 2.31. The highest BCUT2D eigenvalue weighted by Gasteiger charge is 2.42. The van der Waals surface area contributed by atoms with Crippen LogP contribution >= 0.6 is 0 Å². The Morgan fingerprint density at radius 2 is 1.65 bits per heavy atom. The fourth-order valence-corrected chi connectivity index (χ4v) is 5.65. The maximum atomic E-state index is 13.2. The number of amides is 1. The summed E-state index contributed by atoms with van der Waals surface area (Å²) in [6.45, 7) is 0.528. The number of benzene rings is 1. The standard InChI is InChI=1S/C17H22N4O4S/c1-18-12-5-4-11(16(18)22)9-21(10-12)26(24,25)13-6-7-14-15(8-13)20(3)17(23)19(14)2/h6-8,11-12H,4-5,9-10H2,1-3H3/t11-,12+/m0/s1. The Hall–Kier alpha value is -2.13. The Kier molecular flexibility index (Phi) is 3.78. The number of likely N-dealkylation sites (N-methyl/N-ethyl adjacent to an activating group) is 1. The smallest absolute Gasteiger partial charge is 0.328 e. The molecule has 0 spiro atoms. The molecule has 0 unspecified atom stereocenters. The van der Waals surface area contributed by atoms with Crippen LogP contribution in [0.15, 0.2) is 27.9 Å². The van der Waals surface area contributed by atoms with Gasteiger partial charge >= 0.3 is 5.69 Å². The molecule has 0 saturated carbocycles. The Balaban J connectivity index is 1.77. The van der Waals surface area contributed by atoms with Gasteiger partial charge in [0.05, 0.1) is 21.8 Å². The lowest BCUT2D eigenvalue weighted by Crippen LogP contribution is -2.45. The molecule has 8 nitrogen and oxygen atoms in total. The van der Waals surface area contributed by atoms with Crippen molar-refractivity contribution in [2.24, 2.45) is 20.0 Å². The first-order valence-electron chi connectivity index (χ1n) is 8.64. The van der Waals surface area contributed by atoms with Crippen molar-refractivity contribution in [2.75, 3.05) is 20.1 Å². The minimum Gasteiger partial charge on any atom is -0.341 e. The number of nitrogens with zero attached hydrogens (tertiary/aromatic N) is 4. The summed E-state index contributed by atoms with van der Waals surface area (Å²) in [7, 11) is 1.30. The first-order valence-corrected chi connectivity index (χ1v) is 10.1. The van der Waals surface area contributed by atoms with E-state index in [9.17, 15) is 18.0 Å². The molecule has 1 amide bonds. The normalized spacial score (nSPS) is 24.4. The molecule has 0 aliphatic carbocycles. The van der Waals surface area contributed by atoms with Gasteiger partial charge in [-0.05, 0) is 31.0 Å². The molecule has 1 aromatic heterocycles. The summed E-state index contributed by atoms with van der Waals surface area (Å²) >= 11 is 0. The molecule has 2 bridgehead atoms. The summed E-state index contributed by atoms with van der Waals surface area (Å²) in [5, 5.41) is 0. The maximum absolute atomic E-state index is 13.2. The molecule has 3 fully saturated rings. The number of hydrogen-bond acceptors (Lipinski definition) is 4. The SMILES string of the molecule is CN1C(=O)[C@H]2CC[C@@H]1CN(S(=O)(=O)c1ccc3c(c1)n(C)c(=O)n3C)C2. The molecule has 2 atom stereocenters. The molecule has 2 aromatic rings. The van der Waals surface area contributed by atoms with Gasteiger partial charge in [-0.25, -0.2) is 13.2 Å². The zero-order chi connectivity index (χ0) is 18.8. The van der Waals surface area contributed by atoms with Crippen LogP contribution in [0.2, 0.25) is 0 Å². The fourth-order valence-electron chi connectivity index (χ4n) is 4.11. The second kappa shape index (κ2) is 5.68. The van der Waals surface area contributed by atoms with Crippen molar-refractivity contribution in [1.82, 2.24) is 18.3 Å². The average Bonchev–Trinajstić information content (AvgIpc) is 2.83. The monoisotopic (exact) mass is 378 g/mol. The van der Waals surface area contributed by atoms with Crippen LogP contribution in [0.25, 0.3) is 11.0 Å². The van der Waals surface area contributed by atoms with Crippen molar-refractivity contribution in [2.45, 2.75) is 23.8 Å². The summed E-state index contributed by atoms with van der Waals surface area (Å²) in [6.07, 6.45) is 1.55. The van der Waals surface area contributed by atoms with Crippen LogP contribution < -0.4 is 5.69 Å². The summed E-state index contributed by atoms with van der Waals surface area (Å²) in [5.74, 6) is -0.252. The minimum absolute atomic E-state index is 0.0276. The van der Waals surface area contributed by atoms with Crippen LogP contribution in [0.3, 0.4) is 0 Å². The second-order valence-electron chi connectivity index (χ2n) is 7.25. The highest BCUT2D eigenvalue weighted by molar-refractivity contribution is 7.89. The van der Waals surface area contributed by atoms with Crippen LogP contribution in [-0.4, -0.2) is 58.8 Å². The lowest BCUT2D eigenvalue weighted by Gasteiger charge is -2.32. The average molecular weight is 378 g/mol.